The Morgan fingerprint density at radius 1 is 1.09 bits per heavy atom. The van der Waals surface area contributed by atoms with Crippen molar-refractivity contribution in [3.8, 4) is 23.6 Å². The molecule has 10 nitrogen and oxygen atoms in total. The third-order valence-corrected chi connectivity index (χ3v) is 4.84. The van der Waals surface area contributed by atoms with Crippen LogP contribution in [0.15, 0.2) is 54.6 Å². The molecule has 4 rings (SSSR count). The summed E-state index contributed by atoms with van der Waals surface area (Å²) in [5, 5.41) is 33.1. The Morgan fingerprint density at radius 2 is 1.85 bits per heavy atom. The number of aromatic amines is 1. The van der Waals surface area contributed by atoms with Gasteiger partial charge in [-0.3, -0.25) is 15.6 Å². The van der Waals surface area contributed by atoms with E-state index in [1.165, 1.54) is 0 Å². The molecule has 0 saturated heterocycles. The summed E-state index contributed by atoms with van der Waals surface area (Å²) in [5.74, 6) is -0.0569. The van der Waals surface area contributed by atoms with Gasteiger partial charge in [0.25, 0.3) is 5.91 Å². The van der Waals surface area contributed by atoms with Crippen molar-refractivity contribution in [1.82, 2.24) is 9.97 Å². The fourth-order valence-corrected chi connectivity index (χ4v) is 3.22. The lowest BCUT2D eigenvalue weighted by atomic mass is 10.0. The second-order valence-electron chi connectivity index (χ2n) is 6.83. The first-order valence-corrected chi connectivity index (χ1v) is 9.66. The lowest BCUT2D eigenvalue weighted by molar-refractivity contribution is 0.102. The Bertz CT molecular complexity index is 1400. The summed E-state index contributed by atoms with van der Waals surface area (Å²) in [6.07, 6.45) is 0. The van der Waals surface area contributed by atoms with Crippen LogP contribution in [0.25, 0.3) is 10.8 Å². The van der Waals surface area contributed by atoms with Crippen molar-refractivity contribution in [2.24, 2.45) is 0 Å². The molecule has 0 unspecified atom stereocenters. The number of carbonyl (C=O) groups is 1. The van der Waals surface area contributed by atoms with Crippen LogP contribution in [-0.4, -0.2) is 28.1 Å². The van der Waals surface area contributed by atoms with Crippen molar-refractivity contribution in [2.45, 2.75) is 0 Å². The molecule has 0 saturated carbocycles. The molecule has 0 bridgehead atoms. The van der Waals surface area contributed by atoms with E-state index in [2.05, 4.69) is 26.1 Å². The highest BCUT2D eigenvalue weighted by Crippen LogP contribution is 2.36. The average Bonchev–Trinajstić information content (AvgIpc) is 3.26. The highest BCUT2D eigenvalue weighted by Gasteiger charge is 2.19. The lowest BCUT2D eigenvalue weighted by Gasteiger charge is -2.16. The van der Waals surface area contributed by atoms with Crippen LogP contribution in [0.5, 0.6) is 11.5 Å². The van der Waals surface area contributed by atoms with Crippen LogP contribution < -0.4 is 20.9 Å². The van der Waals surface area contributed by atoms with Gasteiger partial charge < -0.3 is 20.1 Å². The number of amides is 1. The van der Waals surface area contributed by atoms with E-state index >= 15 is 0 Å². The molecule has 4 aromatic rings. The number of hydrogen-bond acceptors (Lipinski definition) is 8. The van der Waals surface area contributed by atoms with Crippen molar-refractivity contribution in [2.75, 3.05) is 23.3 Å². The summed E-state index contributed by atoms with van der Waals surface area (Å²) in [4.78, 5) is 19.6. The maximum atomic E-state index is 12.9. The Hall–Kier alpha value is -5.22. The van der Waals surface area contributed by atoms with Gasteiger partial charge in [0.2, 0.25) is 5.95 Å². The molecule has 0 fully saturated rings. The maximum absolute atomic E-state index is 12.9. The van der Waals surface area contributed by atoms with Gasteiger partial charge in [-0.15, -0.1) is 0 Å². The molecule has 0 aliphatic carbocycles. The molecule has 1 aromatic heterocycles. The molecule has 0 aliphatic heterocycles. The third-order valence-electron chi connectivity index (χ3n) is 4.84. The minimum atomic E-state index is -0.511. The molecule has 5 N–H and O–H groups in total. The van der Waals surface area contributed by atoms with Crippen LogP contribution in [-0.2, 0) is 0 Å². The largest absolute Gasteiger partial charge is 0.505 e. The predicted octanol–water partition coefficient (Wildman–Crippen LogP) is 3.71. The van der Waals surface area contributed by atoms with Gasteiger partial charge in [-0.1, -0.05) is 24.3 Å². The van der Waals surface area contributed by atoms with E-state index in [1.54, 1.807) is 55.6 Å². The van der Waals surface area contributed by atoms with E-state index < -0.39 is 5.91 Å². The fraction of sp³-hybridized carbons (Fsp3) is 0.0435. The van der Waals surface area contributed by atoms with Crippen LogP contribution in [0, 0.1) is 22.7 Å². The molecule has 1 amide bonds. The van der Waals surface area contributed by atoms with Gasteiger partial charge in [0.05, 0.1) is 12.7 Å². The van der Waals surface area contributed by atoms with E-state index in [-0.39, 0.29) is 34.3 Å². The first-order chi connectivity index (χ1) is 16.0. The van der Waals surface area contributed by atoms with E-state index in [1.807, 2.05) is 18.2 Å². The molecule has 1 heterocycles. The topological polar surface area (TPSA) is 159 Å². The van der Waals surface area contributed by atoms with E-state index in [9.17, 15) is 9.90 Å². The minimum absolute atomic E-state index is 0.00324. The molecule has 10 heteroatoms. The van der Waals surface area contributed by atoms with Crippen LogP contribution in [0.1, 0.15) is 21.7 Å². The maximum Gasteiger partial charge on any atom is 0.259 e. The number of nitrogens with zero attached hydrogens (tertiary/aromatic N) is 3. The number of anilines is 3. The number of methoxy groups -OCH3 is 1. The van der Waals surface area contributed by atoms with Gasteiger partial charge >= 0.3 is 0 Å². The second kappa shape index (κ2) is 8.88. The highest BCUT2D eigenvalue weighted by molar-refractivity contribution is 6.12. The lowest BCUT2D eigenvalue weighted by Crippen LogP contribution is -2.15. The standard InChI is InChI=1S/C23H17N7O3/c1-33-15-8-6-14(7-9-15)26-22(32)17-10-13-4-2-3-5-16(13)20(21(17)31)29-30-23-27-18(11-24)19(12-25)28-23/h2-10,29,31H,1H3,(H,26,32)(H2,27,28,30). The van der Waals surface area contributed by atoms with Gasteiger partial charge in [0.1, 0.15) is 23.6 Å². The van der Waals surface area contributed by atoms with Crippen LogP contribution in [0.2, 0.25) is 0 Å². The average molecular weight is 439 g/mol. The van der Waals surface area contributed by atoms with Gasteiger partial charge in [-0.2, -0.15) is 15.5 Å². The normalized spacial score (nSPS) is 10.2. The number of fused-ring (bicyclic) bond motifs is 1. The Balaban J connectivity index is 1.66. The zero-order valence-corrected chi connectivity index (χ0v) is 17.3. The molecule has 162 valence electrons. The number of carbonyl (C=O) groups excluding carboxylic acids is 1. The van der Waals surface area contributed by atoms with Crippen LogP contribution in [0.4, 0.5) is 17.3 Å². The number of hydrogen-bond donors (Lipinski definition) is 5. The van der Waals surface area contributed by atoms with Crippen LogP contribution in [0.3, 0.4) is 0 Å². The zero-order valence-electron chi connectivity index (χ0n) is 17.3. The number of nitrogens with one attached hydrogen (secondary N) is 4. The number of aromatic hydroxyl groups is 1. The number of ether oxygens (including phenoxy) is 1. The first-order valence-electron chi connectivity index (χ1n) is 9.66. The van der Waals surface area contributed by atoms with E-state index in [4.69, 9.17) is 15.3 Å². The SMILES string of the molecule is COc1ccc(NC(=O)c2cc3ccccc3c(NNc3nc(C#N)c(C#N)[nH]3)c2O)cc1. The van der Waals surface area contributed by atoms with Gasteiger partial charge in [-0.25, -0.2) is 0 Å². The van der Waals surface area contributed by atoms with Crippen molar-refractivity contribution in [3.63, 3.8) is 0 Å². The van der Waals surface area contributed by atoms with Gasteiger partial charge in [0, 0.05) is 11.1 Å². The van der Waals surface area contributed by atoms with Gasteiger partial charge in [0.15, 0.2) is 17.1 Å². The molecular weight excluding hydrogens is 422 g/mol. The van der Waals surface area contributed by atoms with Gasteiger partial charge in [-0.05, 0) is 35.7 Å². The van der Waals surface area contributed by atoms with E-state index in [0.717, 1.165) is 0 Å². The van der Waals surface area contributed by atoms with E-state index in [0.29, 0.717) is 22.2 Å². The highest BCUT2D eigenvalue weighted by atomic mass is 16.5. The predicted molar refractivity (Wildman–Crippen MR) is 122 cm³/mol. The fourth-order valence-electron chi connectivity index (χ4n) is 3.22. The van der Waals surface area contributed by atoms with Crippen molar-refractivity contribution in [1.29, 1.82) is 10.5 Å². The molecule has 0 spiro atoms. The summed E-state index contributed by atoms with van der Waals surface area (Å²) >= 11 is 0. The molecule has 0 atom stereocenters. The summed E-state index contributed by atoms with van der Waals surface area (Å²) in [6.45, 7) is 0. The van der Waals surface area contributed by atoms with Crippen LogP contribution >= 0.6 is 0 Å². The number of benzene rings is 3. The number of imidazole rings is 1. The first kappa shape index (κ1) is 21.0. The quantitative estimate of drug-likeness (QED) is 0.225. The molecule has 0 aliphatic rings. The van der Waals surface area contributed by atoms with Crippen molar-refractivity contribution < 1.29 is 14.6 Å². The molecular formula is C23H17N7O3. The zero-order chi connectivity index (χ0) is 23.4. The number of nitriles is 2. The number of rotatable bonds is 6. The molecule has 33 heavy (non-hydrogen) atoms. The monoisotopic (exact) mass is 439 g/mol. The smallest absolute Gasteiger partial charge is 0.259 e. The molecule has 3 aromatic carbocycles. The summed E-state index contributed by atoms with van der Waals surface area (Å²) in [5.41, 5.74) is 6.29. The molecule has 0 radical (unpaired) electrons. The Labute approximate surface area is 188 Å². The number of H-pyrrole nitrogens is 1. The minimum Gasteiger partial charge on any atom is -0.505 e. The van der Waals surface area contributed by atoms with Crippen molar-refractivity contribution in [3.05, 3.63) is 71.5 Å². The summed E-state index contributed by atoms with van der Waals surface area (Å²) in [7, 11) is 1.55. The Kier molecular flexibility index (Phi) is 5.66. The summed E-state index contributed by atoms with van der Waals surface area (Å²) in [6, 6.07) is 19.2. The van der Waals surface area contributed by atoms with Crippen molar-refractivity contribution >= 4 is 34.0 Å². The number of aromatic nitrogens is 2. The second-order valence-corrected chi connectivity index (χ2v) is 6.83. The number of hydrazine groups is 1. The number of phenols is 1. The number of phenolic OH excluding ortho intramolecular Hbond substituents is 1. The third kappa shape index (κ3) is 4.17. The Morgan fingerprint density at radius 3 is 2.52 bits per heavy atom. The summed E-state index contributed by atoms with van der Waals surface area (Å²) < 4.78 is 5.12.